The van der Waals surface area contributed by atoms with E-state index in [1.807, 2.05) is 42.5 Å². The summed E-state index contributed by atoms with van der Waals surface area (Å²) in [4.78, 5) is 20.5. The Bertz CT molecular complexity index is 1240. The second kappa shape index (κ2) is 9.80. The largest absolute Gasteiger partial charge is 0.318 e. The summed E-state index contributed by atoms with van der Waals surface area (Å²) in [7, 11) is 0. The second-order valence-electron chi connectivity index (χ2n) is 8.43. The van der Waals surface area contributed by atoms with Gasteiger partial charge in [0.1, 0.15) is 0 Å². The molecule has 2 aromatic carbocycles. The fraction of sp³-hybridized carbons (Fsp3) is 0.231. The van der Waals surface area contributed by atoms with Crippen LogP contribution in [0.1, 0.15) is 30.8 Å². The van der Waals surface area contributed by atoms with Crippen LogP contribution in [0.15, 0.2) is 64.5 Å². The minimum absolute atomic E-state index is 0.0160. The van der Waals surface area contributed by atoms with Crippen molar-refractivity contribution in [1.29, 1.82) is 0 Å². The van der Waals surface area contributed by atoms with Crippen molar-refractivity contribution in [1.82, 2.24) is 9.47 Å². The number of hydrogen-bond donors (Lipinski definition) is 0. The maximum atomic E-state index is 13.3. The first kappa shape index (κ1) is 23.7. The summed E-state index contributed by atoms with van der Waals surface area (Å²) < 4.78 is 2.17. The maximum Gasteiger partial charge on any atom is 0.266 e. The number of aromatic nitrogens is 1. The summed E-state index contributed by atoms with van der Waals surface area (Å²) in [5.41, 5.74) is 4.97. The third kappa shape index (κ3) is 5.21. The molecule has 1 fully saturated rings. The lowest BCUT2D eigenvalue weighted by Gasteiger charge is -2.17. The van der Waals surface area contributed by atoms with Crippen LogP contribution in [0.3, 0.4) is 0 Å². The maximum absolute atomic E-state index is 13.3. The number of hydrogen-bond acceptors (Lipinski definition) is 3. The van der Waals surface area contributed by atoms with E-state index in [1.165, 1.54) is 11.8 Å². The number of carbonyl (C=O) groups is 1. The van der Waals surface area contributed by atoms with Gasteiger partial charge in [0.15, 0.2) is 5.17 Å². The van der Waals surface area contributed by atoms with E-state index in [-0.39, 0.29) is 5.91 Å². The fourth-order valence-corrected chi connectivity index (χ4v) is 5.06. The van der Waals surface area contributed by atoms with Crippen LogP contribution in [-0.4, -0.2) is 27.1 Å². The first-order valence-corrected chi connectivity index (χ1v) is 12.3. The number of aryl methyl sites for hydroxylation is 1. The van der Waals surface area contributed by atoms with Gasteiger partial charge in [-0.2, -0.15) is 0 Å². The van der Waals surface area contributed by atoms with E-state index in [9.17, 15) is 4.79 Å². The zero-order valence-corrected chi connectivity index (χ0v) is 21.3. The molecule has 33 heavy (non-hydrogen) atoms. The third-order valence-electron chi connectivity index (χ3n) is 5.33. The van der Waals surface area contributed by atoms with Gasteiger partial charge in [-0.05, 0) is 97.8 Å². The monoisotopic (exact) mass is 497 g/mol. The topological polar surface area (TPSA) is 37.6 Å². The van der Waals surface area contributed by atoms with Crippen LogP contribution >= 0.6 is 35.0 Å². The van der Waals surface area contributed by atoms with Crippen LogP contribution in [-0.2, 0) is 4.79 Å². The highest BCUT2D eigenvalue weighted by molar-refractivity contribution is 8.18. The molecular weight excluding hydrogens is 473 g/mol. The molecule has 4 nitrogen and oxygen atoms in total. The lowest BCUT2D eigenvalue weighted by Crippen LogP contribution is -2.32. The number of rotatable bonds is 5. The van der Waals surface area contributed by atoms with Crippen LogP contribution in [0.4, 0.5) is 5.69 Å². The molecule has 2 heterocycles. The van der Waals surface area contributed by atoms with Crippen molar-refractivity contribution >= 4 is 57.8 Å². The van der Waals surface area contributed by atoms with Crippen molar-refractivity contribution < 1.29 is 4.79 Å². The van der Waals surface area contributed by atoms with Gasteiger partial charge in [-0.25, -0.2) is 4.99 Å². The van der Waals surface area contributed by atoms with Gasteiger partial charge in [0, 0.05) is 33.7 Å². The number of amides is 1. The van der Waals surface area contributed by atoms with Gasteiger partial charge >= 0.3 is 0 Å². The van der Waals surface area contributed by atoms with Gasteiger partial charge in [-0.15, -0.1) is 0 Å². The fourth-order valence-electron chi connectivity index (χ4n) is 3.81. The molecule has 0 unspecified atom stereocenters. The molecule has 0 aliphatic carbocycles. The molecule has 0 N–H and O–H groups in total. The molecule has 170 valence electrons. The quantitative estimate of drug-likeness (QED) is 0.339. The molecule has 1 saturated heterocycles. The lowest BCUT2D eigenvalue weighted by molar-refractivity contribution is -0.122. The second-order valence-corrected chi connectivity index (χ2v) is 10.3. The molecule has 1 aromatic heterocycles. The van der Waals surface area contributed by atoms with Crippen LogP contribution in [0.2, 0.25) is 10.0 Å². The van der Waals surface area contributed by atoms with E-state index in [2.05, 4.69) is 38.3 Å². The Morgan fingerprint density at radius 1 is 1.00 bits per heavy atom. The van der Waals surface area contributed by atoms with Crippen molar-refractivity contribution in [3.63, 3.8) is 0 Å². The summed E-state index contributed by atoms with van der Waals surface area (Å²) >= 11 is 13.5. The number of carbonyl (C=O) groups excluding carboxylic acids is 1. The summed E-state index contributed by atoms with van der Waals surface area (Å²) in [5, 5.41) is 2.05. The molecule has 7 heteroatoms. The molecule has 0 saturated carbocycles. The van der Waals surface area contributed by atoms with Crippen molar-refractivity contribution in [2.45, 2.75) is 27.7 Å². The van der Waals surface area contributed by atoms with Crippen LogP contribution in [0.5, 0.6) is 0 Å². The van der Waals surface area contributed by atoms with Crippen molar-refractivity contribution in [3.05, 3.63) is 86.5 Å². The summed E-state index contributed by atoms with van der Waals surface area (Å²) in [6, 6.07) is 17.2. The molecule has 1 aliphatic heterocycles. The van der Waals surface area contributed by atoms with E-state index in [0.717, 1.165) is 28.3 Å². The number of halogens is 2. The Morgan fingerprint density at radius 2 is 1.61 bits per heavy atom. The first-order chi connectivity index (χ1) is 15.7. The van der Waals surface area contributed by atoms with E-state index in [4.69, 9.17) is 28.2 Å². The standard InChI is InChI=1S/C26H25Cl2N3OS/c1-16(2)15-30-25(32)24(33-26(30)29-22-9-5-20(27)6-10-22)14-19-13-17(3)31(18(19)4)23-11-7-21(28)8-12-23/h5-14,16H,15H2,1-4H3/b24-14-,29-26?. The van der Waals surface area contributed by atoms with Gasteiger partial charge in [0.2, 0.25) is 0 Å². The van der Waals surface area contributed by atoms with Crippen molar-refractivity contribution in [2.75, 3.05) is 6.54 Å². The van der Waals surface area contributed by atoms with Gasteiger partial charge in [-0.1, -0.05) is 37.0 Å². The lowest BCUT2D eigenvalue weighted by atomic mass is 10.2. The molecule has 4 rings (SSSR count). The third-order valence-corrected chi connectivity index (χ3v) is 6.84. The molecule has 3 aromatic rings. The minimum Gasteiger partial charge on any atom is -0.318 e. The number of benzene rings is 2. The molecule has 1 aliphatic rings. The number of nitrogens with zero attached hydrogens (tertiary/aromatic N) is 3. The van der Waals surface area contributed by atoms with E-state index in [1.54, 1.807) is 17.0 Å². The van der Waals surface area contributed by atoms with Gasteiger partial charge in [0.05, 0.1) is 10.6 Å². The Balaban J connectivity index is 1.71. The molecule has 1 amide bonds. The highest BCUT2D eigenvalue weighted by Gasteiger charge is 2.34. The minimum atomic E-state index is -0.0160. The normalized spacial score (nSPS) is 16.6. The highest BCUT2D eigenvalue weighted by atomic mass is 35.5. The SMILES string of the molecule is Cc1cc(/C=C2\SC(=Nc3ccc(Cl)cc3)N(CC(C)C)C2=O)c(C)n1-c1ccc(Cl)cc1. The zero-order valence-electron chi connectivity index (χ0n) is 19.0. The molecule has 0 atom stereocenters. The zero-order chi connectivity index (χ0) is 23.7. The Hall–Kier alpha value is -2.47. The molecular formula is C26H25Cl2N3OS. The Labute approximate surface area is 208 Å². The predicted molar refractivity (Wildman–Crippen MR) is 141 cm³/mol. The summed E-state index contributed by atoms with van der Waals surface area (Å²) in [6.07, 6.45) is 1.97. The van der Waals surface area contributed by atoms with Gasteiger partial charge in [-0.3, -0.25) is 9.69 Å². The van der Waals surface area contributed by atoms with E-state index < -0.39 is 0 Å². The smallest absolute Gasteiger partial charge is 0.266 e. The number of aliphatic imine (C=N–C) groups is 1. The number of amidine groups is 1. The summed E-state index contributed by atoms with van der Waals surface area (Å²) in [5.74, 6) is 0.303. The van der Waals surface area contributed by atoms with Crippen molar-refractivity contribution in [3.8, 4) is 5.69 Å². The van der Waals surface area contributed by atoms with Crippen molar-refractivity contribution in [2.24, 2.45) is 10.9 Å². The van der Waals surface area contributed by atoms with Crippen LogP contribution in [0.25, 0.3) is 11.8 Å². The van der Waals surface area contributed by atoms with Gasteiger partial charge in [0.25, 0.3) is 5.91 Å². The predicted octanol–water partition coefficient (Wildman–Crippen LogP) is 7.66. The highest BCUT2D eigenvalue weighted by Crippen LogP contribution is 2.36. The Morgan fingerprint density at radius 3 is 2.21 bits per heavy atom. The average molecular weight is 498 g/mol. The average Bonchev–Trinajstić information content (AvgIpc) is 3.20. The van der Waals surface area contributed by atoms with Gasteiger partial charge < -0.3 is 4.57 Å². The van der Waals surface area contributed by atoms with Crippen LogP contribution in [0, 0.1) is 19.8 Å². The molecule has 0 spiro atoms. The summed E-state index contributed by atoms with van der Waals surface area (Å²) in [6.45, 7) is 8.93. The Kier molecular flexibility index (Phi) is 7.03. The first-order valence-electron chi connectivity index (χ1n) is 10.7. The van der Waals surface area contributed by atoms with Crippen LogP contribution < -0.4 is 0 Å². The van der Waals surface area contributed by atoms with E-state index >= 15 is 0 Å². The molecule has 0 radical (unpaired) electrons. The van der Waals surface area contributed by atoms with E-state index in [0.29, 0.717) is 32.6 Å². The number of thioether (sulfide) groups is 1. The molecule has 0 bridgehead atoms.